The van der Waals surface area contributed by atoms with Gasteiger partial charge in [0.25, 0.3) is 0 Å². The molecule has 2 N–H and O–H groups in total. The fourth-order valence-corrected chi connectivity index (χ4v) is 3.01. The second-order valence-corrected chi connectivity index (χ2v) is 6.28. The highest BCUT2D eigenvalue weighted by Gasteiger charge is 2.41. The third kappa shape index (κ3) is 3.95. The van der Waals surface area contributed by atoms with Crippen LogP contribution in [0.3, 0.4) is 0 Å². The van der Waals surface area contributed by atoms with E-state index < -0.39 is 5.60 Å². The molecule has 1 atom stereocenters. The number of nitrogens with one attached hydrogen (secondary N) is 1. The van der Waals surface area contributed by atoms with Gasteiger partial charge in [-0.05, 0) is 39.7 Å². The molecule has 0 radical (unpaired) electrons. The Labute approximate surface area is 111 Å². The Hall–Kier alpha value is -0.610. The largest absolute Gasteiger partial charge is 0.389 e. The van der Waals surface area contributed by atoms with E-state index in [1.54, 1.807) is 25.8 Å². The molecule has 1 unspecified atom stereocenters. The molecule has 1 aliphatic rings. The lowest BCUT2D eigenvalue weighted by Gasteiger charge is -2.40. The molecule has 0 aromatic carbocycles. The van der Waals surface area contributed by atoms with Crippen molar-refractivity contribution < 1.29 is 9.90 Å². The van der Waals surface area contributed by atoms with Gasteiger partial charge in [0.1, 0.15) is 0 Å². The Balaban J connectivity index is 2.75. The summed E-state index contributed by atoms with van der Waals surface area (Å²) in [7, 11) is 1.80. The van der Waals surface area contributed by atoms with Crippen molar-refractivity contribution in [2.24, 2.45) is 5.41 Å². The summed E-state index contributed by atoms with van der Waals surface area (Å²) >= 11 is 0. The number of hydrogen-bond donors (Lipinski definition) is 2. The Bertz CT molecular complexity index is 272. The Morgan fingerprint density at radius 3 is 2.61 bits per heavy atom. The van der Waals surface area contributed by atoms with Gasteiger partial charge in [0.15, 0.2) is 0 Å². The summed E-state index contributed by atoms with van der Waals surface area (Å²) in [5.74, 6) is 0.179. The van der Waals surface area contributed by atoms with Crippen LogP contribution < -0.4 is 5.32 Å². The molecule has 1 rings (SSSR count). The van der Waals surface area contributed by atoms with Crippen LogP contribution in [0.5, 0.6) is 0 Å². The second-order valence-electron chi connectivity index (χ2n) is 6.28. The maximum atomic E-state index is 12.7. The molecule has 106 valence electrons. The molecule has 0 spiro atoms. The third-order valence-corrected chi connectivity index (χ3v) is 3.63. The third-order valence-electron chi connectivity index (χ3n) is 3.63. The van der Waals surface area contributed by atoms with Crippen molar-refractivity contribution in [2.45, 2.75) is 52.1 Å². The molecule has 4 heteroatoms. The van der Waals surface area contributed by atoms with Gasteiger partial charge >= 0.3 is 0 Å². The van der Waals surface area contributed by atoms with Gasteiger partial charge in [-0.2, -0.15) is 0 Å². The summed E-state index contributed by atoms with van der Waals surface area (Å²) in [5.41, 5.74) is -1.09. The Morgan fingerprint density at radius 2 is 2.17 bits per heavy atom. The summed E-state index contributed by atoms with van der Waals surface area (Å²) in [6.45, 7) is 7.77. The lowest BCUT2D eigenvalue weighted by molar-refractivity contribution is -0.145. The van der Waals surface area contributed by atoms with Crippen molar-refractivity contribution in [3.05, 3.63) is 0 Å². The van der Waals surface area contributed by atoms with E-state index in [1.165, 1.54) is 0 Å². The van der Waals surface area contributed by atoms with Gasteiger partial charge < -0.3 is 15.3 Å². The first-order valence-corrected chi connectivity index (χ1v) is 6.99. The molecular formula is C14H28N2O2. The molecule has 1 fully saturated rings. The topological polar surface area (TPSA) is 52.6 Å². The quantitative estimate of drug-likeness (QED) is 0.781. The summed E-state index contributed by atoms with van der Waals surface area (Å²) in [5, 5.41) is 13.2. The zero-order valence-electron chi connectivity index (χ0n) is 12.3. The average Bonchev–Trinajstić information content (AvgIpc) is 2.27. The number of amides is 1. The number of nitrogens with zero attached hydrogens (tertiary/aromatic N) is 1. The first kappa shape index (κ1) is 15.4. The highest BCUT2D eigenvalue weighted by Crippen LogP contribution is 2.33. The minimum Gasteiger partial charge on any atom is -0.389 e. The van der Waals surface area contributed by atoms with E-state index in [9.17, 15) is 9.90 Å². The van der Waals surface area contributed by atoms with Crippen LogP contribution in [0.1, 0.15) is 46.5 Å². The highest BCUT2D eigenvalue weighted by molar-refractivity contribution is 5.83. The molecule has 0 aliphatic carbocycles. The number of hydrogen-bond acceptors (Lipinski definition) is 3. The van der Waals surface area contributed by atoms with Crippen molar-refractivity contribution in [2.75, 3.05) is 26.7 Å². The lowest BCUT2D eigenvalue weighted by Crippen LogP contribution is -2.53. The highest BCUT2D eigenvalue weighted by atomic mass is 16.3. The van der Waals surface area contributed by atoms with Gasteiger partial charge in [-0.25, -0.2) is 0 Å². The van der Waals surface area contributed by atoms with Crippen molar-refractivity contribution >= 4 is 5.91 Å². The van der Waals surface area contributed by atoms with Gasteiger partial charge in [0.2, 0.25) is 5.91 Å². The zero-order valence-corrected chi connectivity index (χ0v) is 12.3. The fourth-order valence-electron chi connectivity index (χ4n) is 3.01. The molecule has 0 aromatic rings. The second kappa shape index (κ2) is 6.02. The van der Waals surface area contributed by atoms with Gasteiger partial charge in [-0.3, -0.25) is 4.79 Å². The van der Waals surface area contributed by atoms with Crippen molar-refractivity contribution in [1.82, 2.24) is 10.2 Å². The predicted molar refractivity (Wildman–Crippen MR) is 73.4 cm³/mol. The van der Waals surface area contributed by atoms with E-state index in [-0.39, 0.29) is 11.3 Å². The van der Waals surface area contributed by atoms with E-state index >= 15 is 0 Å². The summed E-state index contributed by atoms with van der Waals surface area (Å²) in [4.78, 5) is 14.4. The van der Waals surface area contributed by atoms with Crippen LogP contribution in [0.4, 0.5) is 0 Å². The average molecular weight is 256 g/mol. The van der Waals surface area contributed by atoms with E-state index in [4.69, 9.17) is 0 Å². The van der Waals surface area contributed by atoms with Gasteiger partial charge in [0.05, 0.1) is 11.0 Å². The Morgan fingerprint density at radius 1 is 1.50 bits per heavy atom. The fraction of sp³-hybridized carbons (Fsp3) is 0.929. The van der Waals surface area contributed by atoms with Crippen LogP contribution in [-0.2, 0) is 4.79 Å². The standard InChI is InChI=1S/C14H28N2O2/c1-5-7-14(8-6-9-15-10-14)12(17)16(4)11-13(2,3)18/h15,18H,5-11H2,1-4H3. The number of rotatable bonds is 5. The van der Waals surface area contributed by atoms with Crippen molar-refractivity contribution in [1.29, 1.82) is 0 Å². The number of likely N-dealkylation sites (N-methyl/N-ethyl adjacent to an activating group) is 1. The predicted octanol–water partition coefficient (Wildman–Crippen LogP) is 1.39. The van der Waals surface area contributed by atoms with Crippen LogP contribution >= 0.6 is 0 Å². The molecule has 1 saturated heterocycles. The lowest BCUT2D eigenvalue weighted by atomic mass is 9.75. The first-order chi connectivity index (χ1) is 8.31. The molecule has 0 bridgehead atoms. The normalized spacial score (nSPS) is 24.9. The number of aliphatic hydroxyl groups is 1. The molecule has 18 heavy (non-hydrogen) atoms. The molecule has 1 amide bonds. The molecule has 0 saturated carbocycles. The molecule has 1 heterocycles. The minimum atomic E-state index is -0.833. The number of piperidine rings is 1. The maximum absolute atomic E-state index is 12.7. The first-order valence-electron chi connectivity index (χ1n) is 6.99. The van der Waals surface area contributed by atoms with E-state index in [1.807, 2.05) is 0 Å². The smallest absolute Gasteiger partial charge is 0.229 e. The van der Waals surface area contributed by atoms with Crippen molar-refractivity contribution in [3.63, 3.8) is 0 Å². The molecule has 1 aliphatic heterocycles. The van der Waals surface area contributed by atoms with Gasteiger partial charge in [0, 0.05) is 20.1 Å². The van der Waals surface area contributed by atoms with E-state index in [2.05, 4.69) is 12.2 Å². The maximum Gasteiger partial charge on any atom is 0.229 e. The summed E-state index contributed by atoms with van der Waals surface area (Å²) in [6.07, 6.45) is 3.96. The Kier molecular flexibility index (Phi) is 5.17. The van der Waals surface area contributed by atoms with Crippen LogP contribution in [0.2, 0.25) is 0 Å². The summed E-state index contributed by atoms with van der Waals surface area (Å²) in [6, 6.07) is 0. The van der Waals surface area contributed by atoms with Gasteiger partial charge in [-0.1, -0.05) is 13.3 Å². The minimum absolute atomic E-state index is 0.179. The van der Waals surface area contributed by atoms with Crippen LogP contribution in [-0.4, -0.2) is 48.2 Å². The number of carbonyl (C=O) groups is 1. The monoisotopic (exact) mass is 256 g/mol. The zero-order chi connectivity index (χ0) is 13.8. The van der Waals surface area contributed by atoms with Gasteiger partial charge in [-0.15, -0.1) is 0 Å². The van der Waals surface area contributed by atoms with E-state index in [0.717, 1.165) is 38.8 Å². The summed E-state index contributed by atoms with van der Waals surface area (Å²) < 4.78 is 0. The van der Waals surface area contributed by atoms with Crippen molar-refractivity contribution in [3.8, 4) is 0 Å². The van der Waals surface area contributed by atoms with Crippen LogP contribution in [0, 0.1) is 5.41 Å². The SMILES string of the molecule is CCCC1(C(=O)N(C)CC(C)(C)O)CCCNC1. The van der Waals surface area contributed by atoms with E-state index in [0.29, 0.717) is 6.54 Å². The number of carbonyl (C=O) groups excluding carboxylic acids is 1. The molecule has 0 aromatic heterocycles. The molecule has 4 nitrogen and oxygen atoms in total. The molecular weight excluding hydrogens is 228 g/mol. The van der Waals surface area contributed by atoms with Crippen LogP contribution in [0.15, 0.2) is 0 Å². The van der Waals surface area contributed by atoms with Crippen LogP contribution in [0.25, 0.3) is 0 Å².